The summed E-state index contributed by atoms with van der Waals surface area (Å²) < 4.78 is 11.6. The summed E-state index contributed by atoms with van der Waals surface area (Å²) in [6.07, 6.45) is 3.42. The molecular formula is C20H21NO3. The van der Waals surface area contributed by atoms with E-state index in [2.05, 4.69) is 5.32 Å². The molecule has 2 heterocycles. The average molecular weight is 323 g/mol. The van der Waals surface area contributed by atoms with Crippen molar-refractivity contribution in [2.24, 2.45) is 5.92 Å². The Morgan fingerprint density at radius 2 is 1.92 bits per heavy atom. The van der Waals surface area contributed by atoms with Crippen LogP contribution in [0.15, 0.2) is 54.6 Å². The summed E-state index contributed by atoms with van der Waals surface area (Å²) in [4.78, 5) is 12.4. The van der Waals surface area contributed by atoms with Crippen molar-refractivity contribution in [3.05, 3.63) is 60.2 Å². The topological polar surface area (TPSA) is 47.6 Å². The van der Waals surface area contributed by atoms with Crippen LogP contribution >= 0.6 is 0 Å². The molecule has 4 heteroatoms. The largest absolute Gasteiger partial charge is 0.457 e. The van der Waals surface area contributed by atoms with E-state index in [4.69, 9.17) is 9.47 Å². The standard InChI is InChI=1S/C20H21NO3/c22-20(18-12-17-9-10-19(18)24-17)21-13-14-5-4-8-16(11-14)23-15-6-2-1-3-7-15/h1-8,11,17-19H,9-10,12-13H2,(H,21,22)/t17-,18-,19+/m1/s1. The van der Waals surface area contributed by atoms with Gasteiger partial charge in [0.05, 0.1) is 18.1 Å². The maximum absolute atomic E-state index is 12.4. The van der Waals surface area contributed by atoms with Gasteiger partial charge in [-0.2, -0.15) is 0 Å². The second-order valence-electron chi connectivity index (χ2n) is 6.50. The third-order valence-electron chi connectivity index (χ3n) is 4.79. The van der Waals surface area contributed by atoms with Crippen molar-refractivity contribution in [2.75, 3.05) is 0 Å². The summed E-state index contributed by atoms with van der Waals surface area (Å²) in [5, 5.41) is 3.04. The van der Waals surface area contributed by atoms with Crippen molar-refractivity contribution in [3.63, 3.8) is 0 Å². The van der Waals surface area contributed by atoms with Gasteiger partial charge in [-0.25, -0.2) is 0 Å². The zero-order valence-corrected chi connectivity index (χ0v) is 13.5. The van der Waals surface area contributed by atoms with Gasteiger partial charge in [0.25, 0.3) is 0 Å². The Morgan fingerprint density at radius 1 is 1.08 bits per heavy atom. The number of carbonyl (C=O) groups excluding carboxylic acids is 1. The van der Waals surface area contributed by atoms with Crippen LogP contribution in [-0.2, 0) is 16.1 Å². The van der Waals surface area contributed by atoms with E-state index < -0.39 is 0 Å². The molecule has 2 aromatic carbocycles. The molecule has 2 aromatic rings. The minimum absolute atomic E-state index is 0.0208. The highest BCUT2D eigenvalue weighted by atomic mass is 16.5. The van der Waals surface area contributed by atoms with E-state index in [1.54, 1.807) is 0 Å². The number of ether oxygens (including phenoxy) is 2. The number of carbonyl (C=O) groups is 1. The highest BCUT2D eigenvalue weighted by Crippen LogP contribution is 2.38. The van der Waals surface area contributed by atoms with Gasteiger partial charge in [-0.05, 0) is 49.1 Å². The SMILES string of the molecule is O=C(NCc1cccc(Oc2ccccc2)c1)[C@@H]1C[C@H]2CC[C@@H]1O2. The molecule has 2 aliphatic heterocycles. The quantitative estimate of drug-likeness (QED) is 0.913. The van der Waals surface area contributed by atoms with Gasteiger partial charge in [0.1, 0.15) is 11.5 Å². The summed E-state index contributed by atoms with van der Waals surface area (Å²) >= 11 is 0. The summed E-state index contributed by atoms with van der Waals surface area (Å²) in [5.41, 5.74) is 1.03. The Balaban J connectivity index is 1.35. The fraction of sp³-hybridized carbons (Fsp3) is 0.350. The van der Waals surface area contributed by atoms with Gasteiger partial charge in [-0.3, -0.25) is 4.79 Å². The predicted molar refractivity (Wildman–Crippen MR) is 90.8 cm³/mol. The van der Waals surface area contributed by atoms with E-state index in [1.165, 1.54) is 0 Å². The number of nitrogens with one attached hydrogen (secondary N) is 1. The molecule has 0 radical (unpaired) electrons. The van der Waals surface area contributed by atoms with E-state index >= 15 is 0 Å². The molecule has 3 atom stereocenters. The molecule has 2 saturated heterocycles. The lowest BCUT2D eigenvalue weighted by Gasteiger charge is -2.18. The molecule has 124 valence electrons. The molecule has 0 aromatic heterocycles. The van der Waals surface area contributed by atoms with Crippen LogP contribution < -0.4 is 10.1 Å². The predicted octanol–water partition coefficient (Wildman–Crippen LogP) is 3.66. The third-order valence-corrected chi connectivity index (χ3v) is 4.79. The van der Waals surface area contributed by atoms with Gasteiger partial charge in [-0.1, -0.05) is 30.3 Å². The molecule has 4 nitrogen and oxygen atoms in total. The van der Waals surface area contributed by atoms with E-state index in [1.807, 2.05) is 54.6 Å². The zero-order chi connectivity index (χ0) is 16.4. The number of para-hydroxylation sites is 1. The lowest BCUT2D eigenvalue weighted by Crippen LogP contribution is -2.35. The number of benzene rings is 2. The maximum atomic E-state index is 12.4. The fourth-order valence-electron chi connectivity index (χ4n) is 3.58. The first-order valence-corrected chi connectivity index (χ1v) is 8.53. The second-order valence-corrected chi connectivity index (χ2v) is 6.50. The minimum Gasteiger partial charge on any atom is -0.457 e. The van der Waals surface area contributed by atoms with E-state index in [0.29, 0.717) is 12.6 Å². The monoisotopic (exact) mass is 323 g/mol. The van der Waals surface area contributed by atoms with Crippen molar-refractivity contribution in [1.29, 1.82) is 0 Å². The minimum atomic E-state index is 0.0208. The summed E-state index contributed by atoms with van der Waals surface area (Å²) in [5.74, 6) is 1.71. The van der Waals surface area contributed by atoms with Crippen LogP contribution in [0.3, 0.4) is 0 Å². The van der Waals surface area contributed by atoms with E-state index in [9.17, 15) is 4.79 Å². The molecule has 0 aliphatic carbocycles. The molecule has 0 unspecified atom stereocenters. The van der Waals surface area contributed by atoms with Crippen LogP contribution in [0.25, 0.3) is 0 Å². The number of rotatable bonds is 5. The van der Waals surface area contributed by atoms with Gasteiger partial charge in [0.15, 0.2) is 0 Å². The van der Waals surface area contributed by atoms with Gasteiger partial charge >= 0.3 is 0 Å². The molecule has 1 amide bonds. The zero-order valence-electron chi connectivity index (χ0n) is 13.5. The first kappa shape index (κ1) is 15.2. The molecular weight excluding hydrogens is 302 g/mol. The molecule has 2 bridgehead atoms. The summed E-state index contributed by atoms with van der Waals surface area (Å²) in [7, 11) is 0. The molecule has 2 fully saturated rings. The third kappa shape index (κ3) is 3.29. The number of amides is 1. The van der Waals surface area contributed by atoms with Crippen LogP contribution in [0.1, 0.15) is 24.8 Å². The lowest BCUT2D eigenvalue weighted by atomic mass is 9.88. The van der Waals surface area contributed by atoms with Crippen LogP contribution in [0.5, 0.6) is 11.5 Å². The fourth-order valence-corrected chi connectivity index (χ4v) is 3.58. The second kappa shape index (κ2) is 6.65. The Morgan fingerprint density at radius 3 is 2.67 bits per heavy atom. The normalized spacial score (nSPS) is 24.8. The van der Waals surface area contributed by atoms with Gasteiger partial charge in [0.2, 0.25) is 5.91 Å². The Labute approximate surface area is 141 Å². The number of hydrogen-bond donors (Lipinski definition) is 1. The Bertz CT molecular complexity index is 716. The van der Waals surface area contributed by atoms with Crippen molar-refractivity contribution in [3.8, 4) is 11.5 Å². The van der Waals surface area contributed by atoms with Crippen molar-refractivity contribution in [1.82, 2.24) is 5.32 Å². The van der Waals surface area contributed by atoms with Crippen LogP contribution in [-0.4, -0.2) is 18.1 Å². The maximum Gasteiger partial charge on any atom is 0.226 e. The van der Waals surface area contributed by atoms with Gasteiger partial charge in [-0.15, -0.1) is 0 Å². The molecule has 0 spiro atoms. The molecule has 2 aliphatic rings. The van der Waals surface area contributed by atoms with Crippen molar-refractivity contribution < 1.29 is 14.3 Å². The number of hydrogen-bond acceptors (Lipinski definition) is 3. The van der Waals surface area contributed by atoms with Crippen LogP contribution in [0, 0.1) is 5.92 Å². The first-order valence-electron chi connectivity index (χ1n) is 8.53. The summed E-state index contributed by atoms with van der Waals surface area (Å²) in [6, 6.07) is 17.5. The highest BCUT2D eigenvalue weighted by Gasteiger charge is 2.44. The lowest BCUT2D eigenvalue weighted by molar-refractivity contribution is -0.126. The average Bonchev–Trinajstić information content (AvgIpc) is 3.24. The van der Waals surface area contributed by atoms with Gasteiger partial charge in [0, 0.05) is 6.54 Å². The Kier molecular flexibility index (Phi) is 4.22. The first-order chi connectivity index (χ1) is 11.8. The van der Waals surface area contributed by atoms with E-state index in [0.717, 1.165) is 36.3 Å². The van der Waals surface area contributed by atoms with Crippen molar-refractivity contribution >= 4 is 5.91 Å². The summed E-state index contributed by atoms with van der Waals surface area (Å²) in [6.45, 7) is 0.513. The van der Waals surface area contributed by atoms with Crippen LogP contribution in [0.4, 0.5) is 0 Å². The van der Waals surface area contributed by atoms with Gasteiger partial charge < -0.3 is 14.8 Å². The van der Waals surface area contributed by atoms with E-state index in [-0.39, 0.29) is 17.9 Å². The molecule has 0 saturated carbocycles. The van der Waals surface area contributed by atoms with Crippen molar-refractivity contribution in [2.45, 2.75) is 38.0 Å². The smallest absolute Gasteiger partial charge is 0.226 e. The van der Waals surface area contributed by atoms with Crippen LogP contribution in [0.2, 0.25) is 0 Å². The Hall–Kier alpha value is -2.33. The highest BCUT2D eigenvalue weighted by molar-refractivity contribution is 5.79. The molecule has 4 rings (SSSR count). The molecule has 24 heavy (non-hydrogen) atoms. The number of fused-ring (bicyclic) bond motifs is 2. The molecule has 1 N–H and O–H groups in total.